The molecule has 1 aliphatic rings. The molecule has 0 radical (unpaired) electrons. The van der Waals surface area contributed by atoms with E-state index in [4.69, 9.17) is 0 Å². The lowest BCUT2D eigenvalue weighted by atomic mass is 9.89. The van der Waals surface area contributed by atoms with E-state index in [-0.39, 0.29) is 35.7 Å². The molecule has 1 rings (SSSR count). The third-order valence-corrected chi connectivity index (χ3v) is 5.13. The molecule has 0 unspecified atom stereocenters. The molecular formula is C18H34N2O2. The summed E-state index contributed by atoms with van der Waals surface area (Å²) in [5.74, 6) is 0.698. The molecule has 1 aliphatic carbocycles. The molecular weight excluding hydrogens is 276 g/mol. The van der Waals surface area contributed by atoms with Crippen LogP contribution in [0.25, 0.3) is 0 Å². The molecule has 0 atom stereocenters. The molecule has 0 aromatic heterocycles. The highest BCUT2D eigenvalue weighted by Gasteiger charge is 2.26. The minimum absolute atomic E-state index is 0.146. The van der Waals surface area contributed by atoms with Gasteiger partial charge in [0.2, 0.25) is 11.8 Å². The first kappa shape index (κ1) is 19.0. The molecule has 2 amide bonds. The van der Waals surface area contributed by atoms with Crippen LogP contribution in [0.15, 0.2) is 0 Å². The van der Waals surface area contributed by atoms with Crippen LogP contribution in [0.2, 0.25) is 0 Å². The summed E-state index contributed by atoms with van der Waals surface area (Å²) in [4.78, 5) is 24.2. The number of hydrogen-bond donors (Lipinski definition) is 2. The van der Waals surface area contributed by atoms with Crippen molar-refractivity contribution in [1.29, 1.82) is 0 Å². The zero-order chi connectivity index (χ0) is 16.5. The lowest BCUT2D eigenvalue weighted by Gasteiger charge is -2.31. The Hall–Kier alpha value is -1.06. The smallest absolute Gasteiger partial charge is 0.223 e. The summed E-state index contributed by atoms with van der Waals surface area (Å²) in [6, 6.07) is 0.573. The van der Waals surface area contributed by atoms with Gasteiger partial charge in [-0.2, -0.15) is 0 Å². The Balaban J connectivity index is 2.34. The van der Waals surface area contributed by atoms with Gasteiger partial charge in [0.1, 0.15) is 0 Å². The van der Waals surface area contributed by atoms with Crippen LogP contribution in [0.3, 0.4) is 0 Å². The van der Waals surface area contributed by atoms with E-state index < -0.39 is 0 Å². The van der Waals surface area contributed by atoms with Crippen LogP contribution in [-0.4, -0.2) is 23.9 Å². The third kappa shape index (κ3) is 5.62. The fourth-order valence-corrected chi connectivity index (χ4v) is 3.34. The van der Waals surface area contributed by atoms with E-state index in [0.717, 1.165) is 51.4 Å². The quantitative estimate of drug-likeness (QED) is 0.722. The lowest BCUT2D eigenvalue weighted by molar-refractivity contribution is -0.127. The third-order valence-electron chi connectivity index (χ3n) is 5.13. The molecule has 0 bridgehead atoms. The largest absolute Gasteiger partial charge is 0.353 e. The summed E-state index contributed by atoms with van der Waals surface area (Å²) >= 11 is 0. The highest BCUT2D eigenvalue weighted by Crippen LogP contribution is 2.20. The first-order chi connectivity index (χ1) is 10.5. The van der Waals surface area contributed by atoms with E-state index >= 15 is 0 Å². The Morgan fingerprint density at radius 1 is 0.727 bits per heavy atom. The fraction of sp³-hybridized carbons (Fsp3) is 0.889. The van der Waals surface area contributed by atoms with Crippen molar-refractivity contribution in [1.82, 2.24) is 10.6 Å². The molecule has 4 heteroatoms. The second-order valence-electron chi connectivity index (χ2n) is 6.59. The van der Waals surface area contributed by atoms with E-state index in [1.54, 1.807) is 0 Å². The van der Waals surface area contributed by atoms with Crippen molar-refractivity contribution in [3.8, 4) is 0 Å². The van der Waals surface area contributed by atoms with Crippen molar-refractivity contribution in [2.24, 2.45) is 11.8 Å². The molecule has 0 spiro atoms. The van der Waals surface area contributed by atoms with Gasteiger partial charge < -0.3 is 10.6 Å². The van der Waals surface area contributed by atoms with Gasteiger partial charge in [-0.15, -0.1) is 0 Å². The predicted molar refractivity (Wildman–Crippen MR) is 90.5 cm³/mol. The second kappa shape index (κ2) is 9.86. The molecule has 0 saturated heterocycles. The first-order valence-electron chi connectivity index (χ1n) is 9.16. The van der Waals surface area contributed by atoms with Crippen molar-refractivity contribution in [3.05, 3.63) is 0 Å². The van der Waals surface area contributed by atoms with Crippen LogP contribution < -0.4 is 10.6 Å². The number of nitrogens with one attached hydrogen (secondary N) is 2. The van der Waals surface area contributed by atoms with Crippen LogP contribution in [0.1, 0.15) is 79.1 Å². The Kier molecular flexibility index (Phi) is 8.51. The monoisotopic (exact) mass is 310 g/mol. The Bertz CT molecular complexity index is 307. The second-order valence-corrected chi connectivity index (χ2v) is 6.59. The van der Waals surface area contributed by atoms with Crippen LogP contribution in [0.5, 0.6) is 0 Å². The molecule has 1 fully saturated rings. The van der Waals surface area contributed by atoms with Gasteiger partial charge in [0, 0.05) is 23.9 Å². The average Bonchev–Trinajstić information content (AvgIpc) is 2.51. The van der Waals surface area contributed by atoms with Gasteiger partial charge >= 0.3 is 0 Å². The highest BCUT2D eigenvalue weighted by atomic mass is 16.2. The topological polar surface area (TPSA) is 58.2 Å². The predicted octanol–water partition coefficient (Wildman–Crippen LogP) is 3.40. The normalized spacial score (nSPS) is 21.9. The Labute approximate surface area is 135 Å². The number of hydrogen-bond acceptors (Lipinski definition) is 2. The summed E-state index contributed by atoms with van der Waals surface area (Å²) in [6.07, 6.45) is 7.51. The van der Waals surface area contributed by atoms with Crippen molar-refractivity contribution in [3.63, 3.8) is 0 Å². The number of carbonyl (C=O) groups is 2. The molecule has 0 aromatic rings. The fourth-order valence-electron chi connectivity index (χ4n) is 3.34. The molecule has 0 heterocycles. The zero-order valence-electron chi connectivity index (χ0n) is 14.8. The molecule has 1 saturated carbocycles. The van der Waals surface area contributed by atoms with Gasteiger partial charge in [0.15, 0.2) is 0 Å². The van der Waals surface area contributed by atoms with E-state index in [0.29, 0.717) is 0 Å². The summed E-state index contributed by atoms with van der Waals surface area (Å²) in [6.45, 7) is 8.27. The van der Waals surface area contributed by atoms with Crippen LogP contribution in [0, 0.1) is 11.8 Å². The minimum Gasteiger partial charge on any atom is -0.353 e. The standard InChI is InChI=1S/C18H34N2O2/c1-5-13(6-2)17(21)19-15-9-11-16(12-10-15)20-18(22)14(7-3)8-4/h13-16H,5-12H2,1-4H3,(H,19,21)(H,20,22). The van der Waals surface area contributed by atoms with Gasteiger partial charge in [-0.05, 0) is 51.4 Å². The molecule has 128 valence electrons. The minimum atomic E-state index is 0.146. The van der Waals surface area contributed by atoms with Crippen LogP contribution >= 0.6 is 0 Å². The summed E-state index contributed by atoms with van der Waals surface area (Å²) in [7, 11) is 0. The van der Waals surface area contributed by atoms with E-state index in [1.807, 2.05) is 0 Å². The zero-order valence-corrected chi connectivity index (χ0v) is 14.8. The summed E-state index contributed by atoms with van der Waals surface area (Å²) in [5.41, 5.74) is 0. The van der Waals surface area contributed by atoms with E-state index in [1.165, 1.54) is 0 Å². The molecule has 2 N–H and O–H groups in total. The average molecular weight is 310 g/mol. The maximum Gasteiger partial charge on any atom is 0.223 e. The van der Waals surface area contributed by atoms with Crippen molar-refractivity contribution in [2.75, 3.05) is 0 Å². The van der Waals surface area contributed by atoms with Crippen molar-refractivity contribution in [2.45, 2.75) is 91.1 Å². The Morgan fingerprint density at radius 3 is 1.23 bits per heavy atom. The van der Waals surface area contributed by atoms with Crippen molar-refractivity contribution >= 4 is 11.8 Å². The van der Waals surface area contributed by atoms with E-state index in [2.05, 4.69) is 38.3 Å². The SMILES string of the molecule is CCC(CC)C(=O)NC1CCC(NC(=O)C(CC)CC)CC1. The lowest BCUT2D eigenvalue weighted by Crippen LogP contribution is -2.46. The van der Waals surface area contributed by atoms with Gasteiger partial charge in [0.25, 0.3) is 0 Å². The van der Waals surface area contributed by atoms with Gasteiger partial charge in [-0.3, -0.25) is 9.59 Å². The van der Waals surface area contributed by atoms with Gasteiger partial charge in [0.05, 0.1) is 0 Å². The molecule has 22 heavy (non-hydrogen) atoms. The maximum atomic E-state index is 12.1. The van der Waals surface area contributed by atoms with E-state index in [9.17, 15) is 9.59 Å². The van der Waals surface area contributed by atoms with Gasteiger partial charge in [-0.1, -0.05) is 27.7 Å². The summed E-state index contributed by atoms with van der Waals surface area (Å²) in [5, 5.41) is 6.38. The Morgan fingerprint density at radius 2 is 1.00 bits per heavy atom. The first-order valence-corrected chi connectivity index (χ1v) is 9.16. The van der Waals surface area contributed by atoms with Crippen molar-refractivity contribution < 1.29 is 9.59 Å². The number of amides is 2. The van der Waals surface area contributed by atoms with Gasteiger partial charge in [-0.25, -0.2) is 0 Å². The van der Waals surface area contributed by atoms with Crippen LogP contribution in [0.4, 0.5) is 0 Å². The van der Waals surface area contributed by atoms with Crippen LogP contribution in [-0.2, 0) is 9.59 Å². The molecule has 4 nitrogen and oxygen atoms in total. The number of rotatable bonds is 8. The highest BCUT2D eigenvalue weighted by molar-refractivity contribution is 5.79. The molecule has 0 aromatic carbocycles. The summed E-state index contributed by atoms with van der Waals surface area (Å²) < 4.78 is 0. The molecule has 0 aliphatic heterocycles. The number of carbonyl (C=O) groups excluding carboxylic acids is 2. The maximum absolute atomic E-state index is 12.1.